The molecule has 1 amide bonds. The Morgan fingerprint density at radius 2 is 1.73 bits per heavy atom. The van der Waals surface area contributed by atoms with Crippen molar-refractivity contribution >= 4 is 30.3 Å². The van der Waals surface area contributed by atoms with E-state index in [-0.39, 0.29) is 48.0 Å². The van der Waals surface area contributed by atoms with Gasteiger partial charge in [-0.2, -0.15) is 13.2 Å². The summed E-state index contributed by atoms with van der Waals surface area (Å²) in [4.78, 5) is 33.3. The molecule has 0 spiro atoms. The van der Waals surface area contributed by atoms with Crippen molar-refractivity contribution in [2.75, 3.05) is 56.8 Å². The van der Waals surface area contributed by atoms with Crippen molar-refractivity contribution in [2.24, 2.45) is 0 Å². The lowest BCUT2D eigenvalue weighted by Gasteiger charge is -2.35. The molecule has 2 aliphatic heterocycles. The largest absolute Gasteiger partial charge is 0.416 e. The fraction of sp³-hybridized carbons (Fsp3) is 0.364. The first-order valence-electron chi connectivity index (χ1n) is 14.6. The summed E-state index contributed by atoms with van der Waals surface area (Å²) in [7, 11) is -2.21. The number of aromatic nitrogens is 1. The molecule has 5 rings (SSSR count). The van der Waals surface area contributed by atoms with Crippen molar-refractivity contribution in [1.29, 1.82) is 0 Å². The van der Waals surface area contributed by atoms with Crippen LogP contribution < -0.4 is 11.1 Å². The number of ketones is 1. The van der Waals surface area contributed by atoms with Gasteiger partial charge in [-0.3, -0.25) is 19.4 Å². The van der Waals surface area contributed by atoms with E-state index in [4.69, 9.17) is 5.73 Å². The molecule has 236 valence electrons. The van der Waals surface area contributed by atoms with Crippen molar-refractivity contribution in [3.05, 3.63) is 87.1 Å². The summed E-state index contributed by atoms with van der Waals surface area (Å²) < 4.78 is 54.6. The molecular weight excluding hydrogens is 602 g/mol. The molecule has 1 fully saturated rings. The number of nitrogen functional groups attached to an aromatic ring is 1. The highest BCUT2D eigenvalue weighted by Crippen LogP contribution is 2.37. The molecule has 0 unspecified atom stereocenters. The van der Waals surface area contributed by atoms with Crippen LogP contribution in [0, 0.1) is 18.8 Å². The van der Waals surface area contributed by atoms with Crippen LogP contribution in [0.3, 0.4) is 0 Å². The van der Waals surface area contributed by atoms with Gasteiger partial charge in [-0.25, -0.2) is 4.98 Å². The molecular formula is C33H35F3N5O3P. The first-order chi connectivity index (χ1) is 21.2. The van der Waals surface area contributed by atoms with E-state index in [9.17, 15) is 27.3 Å². The Hall–Kier alpha value is -3.97. The molecule has 1 saturated heterocycles. The van der Waals surface area contributed by atoms with Gasteiger partial charge >= 0.3 is 6.18 Å². The molecule has 12 heteroatoms. The van der Waals surface area contributed by atoms with Gasteiger partial charge < -0.3 is 15.6 Å². The number of pyridine rings is 1. The van der Waals surface area contributed by atoms with Crippen molar-refractivity contribution in [3.63, 3.8) is 0 Å². The normalized spacial score (nSPS) is 15.7. The quantitative estimate of drug-likeness (QED) is 0.213. The number of alkyl halides is 3. The van der Waals surface area contributed by atoms with Crippen LogP contribution in [0.5, 0.6) is 0 Å². The minimum absolute atomic E-state index is 0.129. The van der Waals surface area contributed by atoms with Crippen molar-refractivity contribution in [2.45, 2.75) is 32.5 Å². The van der Waals surface area contributed by atoms with Crippen LogP contribution >= 0.6 is 7.14 Å². The number of aryl methyl sites for hydroxylation is 1. The minimum atomic E-state index is -4.57. The molecule has 0 saturated carbocycles. The lowest BCUT2D eigenvalue weighted by molar-refractivity contribution is -0.138. The zero-order valence-corrected chi connectivity index (χ0v) is 26.3. The Labute approximate surface area is 260 Å². The number of nitrogens with one attached hydrogen (secondary N) is 1. The van der Waals surface area contributed by atoms with E-state index in [2.05, 4.69) is 27.0 Å². The molecule has 8 nitrogen and oxygen atoms in total. The van der Waals surface area contributed by atoms with Gasteiger partial charge in [-0.1, -0.05) is 36.1 Å². The number of anilines is 2. The number of rotatable bonds is 7. The van der Waals surface area contributed by atoms with Gasteiger partial charge in [0.1, 0.15) is 5.82 Å². The van der Waals surface area contributed by atoms with E-state index >= 15 is 0 Å². The van der Waals surface area contributed by atoms with Crippen LogP contribution in [0.4, 0.5) is 24.7 Å². The number of fused-ring (bicyclic) bond motifs is 1. The van der Waals surface area contributed by atoms with Crippen molar-refractivity contribution < 1.29 is 27.3 Å². The molecule has 0 radical (unpaired) electrons. The predicted molar refractivity (Wildman–Crippen MR) is 169 cm³/mol. The molecule has 3 aromatic rings. The Morgan fingerprint density at radius 1 is 1.04 bits per heavy atom. The monoisotopic (exact) mass is 637 g/mol. The predicted octanol–water partition coefficient (Wildman–Crippen LogP) is 5.01. The zero-order valence-electron chi connectivity index (χ0n) is 25.4. The van der Waals surface area contributed by atoms with Crippen molar-refractivity contribution in [3.8, 4) is 11.8 Å². The summed E-state index contributed by atoms with van der Waals surface area (Å²) in [6, 6.07) is 9.14. The molecule has 2 aromatic carbocycles. The standard InChI is InChI=1S/C33H35F3N5O3P/c1-21-4-6-24(16-23(21)8-9-25-18-38-32(37)27-17-30(43)39-31(25)27)29(42)15-22-5-7-26(28(14-22)33(34,35)36)19-40-10-12-41(13-11-40)20-45(2,3)44/h4-7,14,16,18H,10-13,15,17,19-20H2,1-3H3,(H2,37,38)(H,39,43). The number of nitrogens with zero attached hydrogens (tertiary/aromatic N) is 3. The van der Waals surface area contributed by atoms with Crippen LogP contribution in [-0.2, 0) is 34.9 Å². The van der Waals surface area contributed by atoms with E-state index in [1.165, 1.54) is 12.3 Å². The van der Waals surface area contributed by atoms with E-state index in [0.29, 0.717) is 60.4 Å². The van der Waals surface area contributed by atoms with Gasteiger partial charge in [0.15, 0.2) is 5.78 Å². The number of amides is 1. The highest BCUT2D eigenvalue weighted by atomic mass is 31.2. The lowest BCUT2D eigenvalue weighted by atomic mass is 9.96. The van der Waals surface area contributed by atoms with Crippen LogP contribution in [0.1, 0.15) is 49.3 Å². The van der Waals surface area contributed by atoms with Gasteiger partial charge in [0, 0.05) is 62.0 Å². The van der Waals surface area contributed by atoms with Gasteiger partial charge in [-0.15, -0.1) is 0 Å². The zero-order chi connectivity index (χ0) is 32.5. The Kier molecular flexibility index (Phi) is 9.22. The summed E-state index contributed by atoms with van der Waals surface area (Å²) in [5.41, 5.74) is 8.92. The second kappa shape index (κ2) is 12.8. The lowest BCUT2D eigenvalue weighted by Crippen LogP contribution is -2.46. The van der Waals surface area contributed by atoms with Crippen LogP contribution in [0.2, 0.25) is 0 Å². The molecule has 0 atom stereocenters. The van der Waals surface area contributed by atoms with Gasteiger partial charge in [0.05, 0.1) is 36.7 Å². The Balaban J connectivity index is 1.30. The first-order valence-corrected chi connectivity index (χ1v) is 17.4. The highest BCUT2D eigenvalue weighted by Gasteiger charge is 2.34. The molecule has 2 aliphatic rings. The number of hydrogen-bond acceptors (Lipinski definition) is 7. The Morgan fingerprint density at radius 3 is 2.42 bits per heavy atom. The molecule has 45 heavy (non-hydrogen) atoms. The average Bonchev–Trinajstić information content (AvgIpc) is 3.36. The molecule has 3 heterocycles. The molecule has 0 bridgehead atoms. The van der Waals surface area contributed by atoms with Crippen molar-refractivity contribution in [1.82, 2.24) is 14.8 Å². The summed E-state index contributed by atoms with van der Waals surface area (Å²) in [5.74, 6) is 5.78. The topological polar surface area (TPSA) is 109 Å². The van der Waals surface area contributed by atoms with Crippen LogP contribution in [0.25, 0.3) is 0 Å². The average molecular weight is 638 g/mol. The molecule has 3 N–H and O–H groups in total. The summed E-state index contributed by atoms with van der Waals surface area (Å²) in [6.07, 6.45) is -2.66. The Bertz CT molecular complexity index is 1770. The van der Waals surface area contributed by atoms with Crippen LogP contribution in [0.15, 0.2) is 42.6 Å². The van der Waals surface area contributed by atoms with E-state index < -0.39 is 18.9 Å². The third-order valence-corrected chi connectivity index (χ3v) is 9.03. The fourth-order valence-electron chi connectivity index (χ4n) is 5.63. The first kappa shape index (κ1) is 32.4. The second-order valence-corrected chi connectivity index (χ2v) is 15.5. The SMILES string of the molecule is Cc1ccc(C(=O)Cc2ccc(CN3CCN(CP(C)(C)=O)CC3)c(C(F)(F)F)c2)cc1C#Cc1cnc(N)c2c1NC(=O)C2. The van der Waals surface area contributed by atoms with Crippen LogP contribution in [-0.4, -0.2) is 72.3 Å². The fourth-order valence-corrected chi connectivity index (χ4v) is 6.87. The minimum Gasteiger partial charge on any atom is -0.383 e. The number of nitrogens with two attached hydrogens (primary N) is 1. The summed E-state index contributed by atoms with van der Waals surface area (Å²) in [5, 5.41) is 2.76. The van der Waals surface area contributed by atoms with E-state index in [0.717, 1.165) is 11.6 Å². The van der Waals surface area contributed by atoms with E-state index in [1.54, 1.807) is 37.6 Å². The van der Waals surface area contributed by atoms with E-state index in [1.807, 2.05) is 11.8 Å². The smallest absolute Gasteiger partial charge is 0.383 e. The summed E-state index contributed by atoms with van der Waals surface area (Å²) in [6.45, 7) is 7.93. The third kappa shape index (κ3) is 8.01. The maximum absolute atomic E-state index is 14.1. The molecule has 1 aromatic heterocycles. The van der Waals surface area contributed by atoms with Gasteiger partial charge in [-0.05, 0) is 49.1 Å². The highest BCUT2D eigenvalue weighted by molar-refractivity contribution is 7.62. The number of carbonyl (C=O) groups is 2. The van der Waals surface area contributed by atoms with Gasteiger partial charge in [0.25, 0.3) is 0 Å². The summed E-state index contributed by atoms with van der Waals surface area (Å²) >= 11 is 0. The maximum atomic E-state index is 14.1. The molecule has 0 aliphatic carbocycles. The van der Waals surface area contributed by atoms with Gasteiger partial charge in [0.2, 0.25) is 5.91 Å². The number of carbonyl (C=O) groups excluding carboxylic acids is 2. The maximum Gasteiger partial charge on any atom is 0.416 e. The number of benzene rings is 2. The number of piperazine rings is 1. The number of Topliss-reactive ketones (excluding diaryl/α,β-unsaturated/α-hetero) is 1. The second-order valence-electron chi connectivity index (χ2n) is 12.1. The third-order valence-electron chi connectivity index (χ3n) is 7.95. The number of hydrogen-bond donors (Lipinski definition) is 2. The number of halogens is 3.